The Balaban J connectivity index is 2.73. The molecule has 1 aromatic rings. The maximum atomic E-state index is 12.8. The Morgan fingerprint density at radius 3 is 3.00 bits per heavy atom. The van der Waals surface area contributed by atoms with Crippen LogP contribution in [0.5, 0.6) is 0 Å². The standard InChI is InChI=1S/C11H13FN2/c1-14-7-3-2-4-9-8-10(12)5-6-11(9)13/h5-6,8,14H,3,7,13H2,1H3. The molecule has 0 heterocycles. The molecule has 0 aliphatic heterocycles. The summed E-state index contributed by atoms with van der Waals surface area (Å²) in [5.74, 6) is 5.44. The second kappa shape index (κ2) is 5.25. The van der Waals surface area contributed by atoms with Crippen molar-refractivity contribution in [1.82, 2.24) is 5.32 Å². The number of hydrogen-bond acceptors (Lipinski definition) is 2. The van der Waals surface area contributed by atoms with Gasteiger partial charge in [-0.15, -0.1) is 0 Å². The lowest BCUT2D eigenvalue weighted by atomic mass is 10.2. The average molecular weight is 192 g/mol. The lowest BCUT2D eigenvalue weighted by Gasteiger charge is -1.96. The van der Waals surface area contributed by atoms with E-state index in [9.17, 15) is 4.39 Å². The highest BCUT2D eigenvalue weighted by Gasteiger charge is 1.96. The van der Waals surface area contributed by atoms with Crippen LogP contribution in [0.4, 0.5) is 10.1 Å². The Morgan fingerprint density at radius 2 is 2.29 bits per heavy atom. The Bertz CT molecular complexity index is 363. The van der Waals surface area contributed by atoms with E-state index >= 15 is 0 Å². The molecule has 74 valence electrons. The number of hydrogen-bond donors (Lipinski definition) is 2. The van der Waals surface area contributed by atoms with Crippen LogP contribution in [0, 0.1) is 17.7 Å². The van der Waals surface area contributed by atoms with Crippen molar-refractivity contribution in [1.29, 1.82) is 0 Å². The topological polar surface area (TPSA) is 38.0 Å². The molecule has 0 saturated carbocycles. The molecule has 14 heavy (non-hydrogen) atoms. The van der Waals surface area contributed by atoms with Crippen molar-refractivity contribution in [2.75, 3.05) is 19.3 Å². The van der Waals surface area contributed by atoms with Crippen molar-refractivity contribution < 1.29 is 4.39 Å². The number of rotatable bonds is 2. The first kappa shape index (κ1) is 10.6. The SMILES string of the molecule is CNCCC#Cc1cc(F)ccc1N. The van der Waals surface area contributed by atoms with Gasteiger partial charge in [0.15, 0.2) is 0 Å². The molecule has 0 radical (unpaired) electrons. The normalized spacial score (nSPS) is 9.29. The van der Waals surface area contributed by atoms with Crippen molar-refractivity contribution in [3.8, 4) is 11.8 Å². The monoisotopic (exact) mass is 192 g/mol. The lowest BCUT2D eigenvalue weighted by Crippen LogP contribution is -2.05. The van der Waals surface area contributed by atoms with Crippen LogP contribution in [0.15, 0.2) is 18.2 Å². The predicted molar refractivity (Wildman–Crippen MR) is 56.2 cm³/mol. The van der Waals surface area contributed by atoms with E-state index in [4.69, 9.17) is 5.73 Å². The van der Waals surface area contributed by atoms with Crippen molar-refractivity contribution in [3.05, 3.63) is 29.6 Å². The quantitative estimate of drug-likeness (QED) is 0.422. The first-order valence-corrected chi connectivity index (χ1v) is 4.42. The molecule has 0 aromatic heterocycles. The van der Waals surface area contributed by atoms with Crippen LogP contribution < -0.4 is 11.1 Å². The van der Waals surface area contributed by atoms with Gasteiger partial charge in [0.05, 0.1) is 5.56 Å². The van der Waals surface area contributed by atoms with E-state index in [0.29, 0.717) is 11.3 Å². The third-order valence-electron chi connectivity index (χ3n) is 1.74. The fourth-order valence-electron chi connectivity index (χ4n) is 0.982. The number of nitrogens with one attached hydrogen (secondary N) is 1. The maximum Gasteiger partial charge on any atom is 0.124 e. The molecule has 0 spiro atoms. The number of anilines is 1. The van der Waals surface area contributed by atoms with Gasteiger partial charge in [-0.1, -0.05) is 11.8 Å². The molecule has 0 fully saturated rings. The molecule has 0 amide bonds. The molecule has 0 unspecified atom stereocenters. The smallest absolute Gasteiger partial charge is 0.124 e. The minimum Gasteiger partial charge on any atom is -0.398 e. The van der Waals surface area contributed by atoms with Gasteiger partial charge in [0, 0.05) is 18.7 Å². The summed E-state index contributed by atoms with van der Waals surface area (Å²) >= 11 is 0. The number of benzene rings is 1. The van der Waals surface area contributed by atoms with Crippen LogP contribution in [0.1, 0.15) is 12.0 Å². The molecule has 1 aromatic carbocycles. The highest BCUT2D eigenvalue weighted by Crippen LogP contribution is 2.11. The van der Waals surface area contributed by atoms with Gasteiger partial charge in [0.1, 0.15) is 5.82 Å². The van der Waals surface area contributed by atoms with Gasteiger partial charge in [0.25, 0.3) is 0 Å². The average Bonchev–Trinajstić information content (AvgIpc) is 2.18. The molecule has 0 bridgehead atoms. The lowest BCUT2D eigenvalue weighted by molar-refractivity contribution is 0.627. The summed E-state index contributed by atoms with van der Waals surface area (Å²) in [4.78, 5) is 0. The number of nitrogens with two attached hydrogens (primary N) is 1. The summed E-state index contributed by atoms with van der Waals surface area (Å²) in [5, 5.41) is 2.97. The molecular formula is C11H13FN2. The maximum absolute atomic E-state index is 12.8. The van der Waals surface area contributed by atoms with Gasteiger partial charge < -0.3 is 11.1 Å². The first-order chi connectivity index (χ1) is 6.74. The summed E-state index contributed by atoms with van der Waals surface area (Å²) in [6.45, 7) is 0.822. The van der Waals surface area contributed by atoms with E-state index < -0.39 is 0 Å². The molecule has 3 heteroatoms. The summed E-state index contributed by atoms with van der Waals surface area (Å²) in [5.41, 5.74) is 6.69. The zero-order chi connectivity index (χ0) is 10.4. The summed E-state index contributed by atoms with van der Waals surface area (Å²) in [6.07, 6.45) is 0.729. The van der Waals surface area contributed by atoms with E-state index in [2.05, 4.69) is 17.2 Å². The van der Waals surface area contributed by atoms with Crippen LogP contribution in [-0.2, 0) is 0 Å². The minimum absolute atomic E-state index is 0.308. The van der Waals surface area contributed by atoms with Crippen LogP contribution in [-0.4, -0.2) is 13.6 Å². The van der Waals surface area contributed by atoms with Gasteiger partial charge in [-0.25, -0.2) is 4.39 Å². The Morgan fingerprint density at radius 1 is 1.50 bits per heavy atom. The second-order valence-corrected chi connectivity index (χ2v) is 2.89. The molecule has 3 N–H and O–H groups in total. The van der Waals surface area contributed by atoms with E-state index in [1.807, 2.05) is 7.05 Å². The summed E-state index contributed by atoms with van der Waals surface area (Å²) < 4.78 is 12.8. The van der Waals surface area contributed by atoms with Gasteiger partial charge in [-0.05, 0) is 25.2 Å². The second-order valence-electron chi connectivity index (χ2n) is 2.89. The number of nitrogen functional groups attached to an aromatic ring is 1. The Labute approximate surface area is 83.3 Å². The summed E-state index contributed by atoms with van der Waals surface area (Å²) in [6, 6.07) is 4.20. The van der Waals surface area contributed by atoms with Gasteiger partial charge in [0.2, 0.25) is 0 Å². The first-order valence-electron chi connectivity index (χ1n) is 4.42. The van der Waals surface area contributed by atoms with Gasteiger partial charge in [-0.3, -0.25) is 0 Å². The molecule has 2 nitrogen and oxygen atoms in total. The summed E-state index contributed by atoms with van der Waals surface area (Å²) in [7, 11) is 1.86. The van der Waals surface area contributed by atoms with Crippen LogP contribution in [0.25, 0.3) is 0 Å². The molecule has 0 aliphatic rings. The van der Waals surface area contributed by atoms with E-state index in [0.717, 1.165) is 13.0 Å². The van der Waals surface area contributed by atoms with Crippen LogP contribution in [0.2, 0.25) is 0 Å². The fourth-order valence-corrected chi connectivity index (χ4v) is 0.982. The molecule has 0 saturated heterocycles. The zero-order valence-corrected chi connectivity index (χ0v) is 8.10. The van der Waals surface area contributed by atoms with Gasteiger partial charge in [-0.2, -0.15) is 0 Å². The van der Waals surface area contributed by atoms with Crippen molar-refractivity contribution >= 4 is 5.69 Å². The molecule has 0 atom stereocenters. The van der Waals surface area contributed by atoms with Gasteiger partial charge >= 0.3 is 0 Å². The molecular weight excluding hydrogens is 179 g/mol. The fraction of sp³-hybridized carbons (Fsp3) is 0.273. The molecule has 0 aliphatic carbocycles. The van der Waals surface area contributed by atoms with E-state index in [1.165, 1.54) is 18.2 Å². The van der Waals surface area contributed by atoms with Crippen LogP contribution >= 0.6 is 0 Å². The van der Waals surface area contributed by atoms with E-state index in [1.54, 1.807) is 0 Å². The number of halogens is 1. The van der Waals surface area contributed by atoms with Crippen molar-refractivity contribution in [2.24, 2.45) is 0 Å². The molecule has 1 rings (SSSR count). The zero-order valence-electron chi connectivity index (χ0n) is 8.10. The highest BCUT2D eigenvalue weighted by molar-refractivity contribution is 5.55. The third kappa shape index (κ3) is 3.08. The Hall–Kier alpha value is -1.53. The van der Waals surface area contributed by atoms with Crippen LogP contribution in [0.3, 0.4) is 0 Å². The van der Waals surface area contributed by atoms with Crippen molar-refractivity contribution in [3.63, 3.8) is 0 Å². The Kier molecular flexibility index (Phi) is 3.96. The largest absolute Gasteiger partial charge is 0.398 e. The van der Waals surface area contributed by atoms with E-state index in [-0.39, 0.29) is 5.82 Å². The third-order valence-corrected chi connectivity index (χ3v) is 1.74. The van der Waals surface area contributed by atoms with Crippen molar-refractivity contribution in [2.45, 2.75) is 6.42 Å². The predicted octanol–water partition coefficient (Wildman–Crippen LogP) is 1.37. The minimum atomic E-state index is -0.308. The highest BCUT2D eigenvalue weighted by atomic mass is 19.1.